The molecule has 16 heavy (non-hydrogen) atoms. The molecule has 0 aliphatic carbocycles. The predicted molar refractivity (Wildman–Crippen MR) is 66.9 cm³/mol. The van der Waals surface area contributed by atoms with Gasteiger partial charge in [0.15, 0.2) is 0 Å². The highest BCUT2D eigenvalue weighted by atomic mass is 35.5. The molecule has 4 nitrogen and oxygen atoms in total. The lowest BCUT2D eigenvalue weighted by Crippen LogP contribution is -2.28. The first-order chi connectivity index (χ1) is 7.72. The number of methoxy groups -OCH3 is 1. The molecular formula is C11H18ClN3O. The highest BCUT2D eigenvalue weighted by Gasteiger charge is 2.08. The number of likely N-dealkylation sites (N-methyl/N-ethyl adjacent to an activating group) is 1. The molecule has 0 bridgehead atoms. The second-order valence-electron chi connectivity index (χ2n) is 3.37. The van der Waals surface area contributed by atoms with Gasteiger partial charge in [-0.15, -0.1) is 0 Å². The molecule has 0 saturated carbocycles. The fourth-order valence-corrected chi connectivity index (χ4v) is 1.61. The van der Waals surface area contributed by atoms with Crippen LogP contribution in [0.3, 0.4) is 0 Å². The third-order valence-corrected chi connectivity index (χ3v) is 2.71. The summed E-state index contributed by atoms with van der Waals surface area (Å²) >= 11 is 5.96. The van der Waals surface area contributed by atoms with E-state index in [1.807, 2.05) is 12.1 Å². The SMILES string of the molecule is CCN(CCOC)c1ccc(Cl)c(CN)n1. The largest absolute Gasteiger partial charge is 0.383 e. The smallest absolute Gasteiger partial charge is 0.129 e. The first-order valence-electron chi connectivity index (χ1n) is 5.32. The summed E-state index contributed by atoms with van der Waals surface area (Å²) in [6.45, 7) is 4.80. The quantitative estimate of drug-likeness (QED) is 0.826. The van der Waals surface area contributed by atoms with Crippen LogP contribution in [0.15, 0.2) is 12.1 Å². The van der Waals surface area contributed by atoms with Crippen LogP contribution in [0.4, 0.5) is 5.82 Å². The van der Waals surface area contributed by atoms with Crippen LogP contribution in [0.25, 0.3) is 0 Å². The van der Waals surface area contributed by atoms with E-state index in [9.17, 15) is 0 Å². The van der Waals surface area contributed by atoms with E-state index < -0.39 is 0 Å². The van der Waals surface area contributed by atoms with Crippen LogP contribution in [-0.4, -0.2) is 31.8 Å². The Bertz CT molecular complexity index is 333. The summed E-state index contributed by atoms with van der Waals surface area (Å²) in [6, 6.07) is 3.74. The molecule has 0 saturated heterocycles. The van der Waals surface area contributed by atoms with Gasteiger partial charge in [-0.05, 0) is 19.1 Å². The van der Waals surface area contributed by atoms with Gasteiger partial charge in [-0.2, -0.15) is 0 Å². The van der Waals surface area contributed by atoms with Gasteiger partial charge < -0.3 is 15.4 Å². The van der Waals surface area contributed by atoms with Crippen molar-refractivity contribution in [2.45, 2.75) is 13.5 Å². The van der Waals surface area contributed by atoms with E-state index in [-0.39, 0.29) is 0 Å². The first kappa shape index (κ1) is 13.2. The van der Waals surface area contributed by atoms with Crippen LogP contribution in [0.2, 0.25) is 5.02 Å². The van der Waals surface area contributed by atoms with Gasteiger partial charge in [0.2, 0.25) is 0 Å². The zero-order valence-electron chi connectivity index (χ0n) is 9.74. The monoisotopic (exact) mass is 243 g/mol. The molecule has 0 aromatic carbocycles. The molecule has 2 N–H and O–H groups in total. The van der Waals surface area contributed by atoms with Crippen molar-refractivity contribution in [3.63, 3.8) is 0 Å². The normalized spacial score (nSPS) is 10.5. The summed E-state index contributed by atoms with van der Waals surface area (Å²) in [5.41, 5.74) is 6.30. The van der Waals surface area contributed by atoms with Crippen molar-refractivity contribution in [1.82, 2.24) is 4.98 Å². The summed E-state index contributed by atoms with van der Waals surface area (Å²) in [4.78, 5) is 6.55. The molecule has 0 radical (unpaired) electrons. The number of rotatable bonds is 6. The van der Waals surface area contributed by atoms with Gasteiger partial charge in [-0.3, -0.25) is 0 Å². The number of ether oxygens (including phenoxy) is 1. The molecule has 0 spiro atoms. The van der Waals surface area contributed by atoms with Crippen molar-refractivity contribution >= 4 is 17.4 Å². The molecule has 0 aliphatic rings. The van der Waals surface area contributed by atoms with Crippen LogP contribution in [0, 0.1) is 0 Å². The number of anilines is 1. The average Bonchev–Trinajstić information content (AvgIpc) is 2.32. The van der Waals surface area contributed by atoms with E-state index in [1.54, 1.807) is 7.11 Å². The lowest BCUT2D eigenvalue weighted by Gasteiger charge is -2.22. The van der Waals surface area contributed by atoms with Gasteiger partial charge >= 0.3 is 0 Å². The Labute approximate surface area is 101 Å². The maximum absolute atomic E-state index is 5.96. The summed E-state index contributed by atoms with van der Waals surface area (Å²) < 4.78 is 5.06. The summed E-state index contributed by atoms with van der Waals surface area (Å²) in [6.07, 6.45) is 0. The number of aromatic nitrogens is 1. The van der Waals surface area contributed by atoms with Crippen LogP contribution in [0.5, 0.6) is 0 Å². The molecule has 0 unspecified atom stereocenters. The summed E-state index contributed by atoms with van der Waals surface area (Å²) in [5, 5.41) is 0.619. The third-order valence-electron chi connectivity index (χ3n) is 2.37. The minimum absolute atomic E-state index is 0.356. The Morgan fingerprint density at radius 1 is 1.50 bits per heavy atom. The molecule has 0 aliphatic heterocycles. The molecule has 0 fully saturated rings. The highest BCUT2D eigenvalue weighted by molar-refractivity contribution is 6.31. The van der Waals surface area contributed by atoms with E-state index >= 15 is 0 Å². The minimum Gasteiger partial charge on any atom is -0.383 e. The maximum Gasteiger partial charge on any atom is 0.129 e. The molecule has 0 atom stereocenters. The lowest BCUT2D eigenvalue weighted by molar-refractivity contribution is 0.205. The number of hydrogen-bond donors (Lipinski definition) is 1. The number of nitrogens with two attached hydrogens (primary N) is 1. The number of halogens is 1. The van der Waals surface area contributed by atoms with E-state index in [0.717, 1.165) is 24.6 Å². The maximum atomic E-state index is 5.96. The summed E-state index contributed by atoms with van der Waals surface area (Å²) in [5.74, 6) is 0.893. The zero-order chi connectivity index (χ0) is 12.0. The number of hydrogen-bond acceptors (Lipinski definition) is 4. The van der Waals surface area contributed by atoms with Gasteiger partial charge in [-0.1, -0.05) is 11.6 Å². The van der Waals surface area contributed by atoms with Gasteiger partial charge in [0.05, 0.1) is 17.3 Å². The second kappa shape index (κ2) is 6.68. The predicted octanol–water partition coefficient (Wildman–Crippen LogP) is 1.67. The fraction of sp³-hybridized carbons (Fsp3) is 0.545. The summed E-state index contributed by atoms with van der Waals surface area (Å²) in [7, 11) is 1.69. The molecular weight excluding hydrogens is 226 g/mol. The Morgan fingerprint density at radius 2 is 2.25 bits per heavy atom. The van der Waals surface area contributed by atoms with Gasteiger partial charge in [-0.25, -0.2) is 4.98 Å². The fourth-order valence-electron chi connectivity index (χ4n) is 1.43. The van der Waals surface area contributed by atoms with Crippen LogP contribution < -0.4 is 10.6 Å². The Balaban J connectivity index is 2.83. The first-order valence-corrected chi connectivity index (χ1v) is 5.70. The van der Waals surface area contributed by atoms with Crippen LogP contribution in [-0.2, 0) is 11.3 Å². The highest BCUT2D eigenvalue weighted by Crippen LogP contribution is 2.18. The number of pyridine rings is 1. The minimum atomic E-state index is 0.356. The zero-order valence-corrected chi connectivity index (χ0v) is 10.5. The molecule has 1 aromatic rings. The van der Waals surface area contributed by atoms with E-state index in [1.165, 1.54) is 0 Å². The standard InChI is InChI=1S/C11H18ClN3O/c1-3-15(6-7-16-2)11-5-4-9(12)10(8-13)14-11/h4-5H,3,6-8,13H2,1-2H3. The van der Waals surface area contributed by atoms with E-state index in [0.29, 0.717) is 18.2 Å². The van der Waals surface area contributed by atoms with Crippen molar-refractivity contribution in [1.29, 1.82) is 0 Å². The topological polar surface area (TPSA) is 51.4 Å². The van der Waals surface area contributed by atoms with Crippen LogP contribution in [0.1, 0.15) is 12.6 Å². The van der Waals surface area contributed by atoms with Crippen LogP contribution >= 0.6 is 11.6 Å². The molecule has 0 amide bonds. The van der Waals surface area contributed by atoms with Crippen molar-refractivity contribution < 1.29 is 4.74 Å². The third kappa shape index (κ3) is 3.33. The number of nitrogens with zero attached hydrogens (tertiary/aromatic N) is 2. The second-order valence-corrected chi connectivity index (χ2v) is 3.78. The van der Waals surface area contributed by atoms with Crippen molar-refractivity contribution in [3.05, 3.63) is 22.8 Å². The van der Waals surface area contributed by atoms with E-state index in [2.05, 4.69) is 16.8 Å². The van der Waals surface area contributed by atoms with Crippen molar-refractivity contribution in [3.8, 4) is 0 Å². The van der Waals surface area contributed by atoms with Gasteiger partial charge in [0, 0.05) is 26.7 Å². The Morgan fingerprint density at radius 3 is 2.81 bits per heavy atom. The van der Waals surface area contributed by atoms with Gasteiger partial charge in [0.1, 0.15) is 5.82 Å². The molecule has 1 rings (SSSR count). The lowest BCUT2D eigenvalue weighted by atomic mass is 10.3. The Hall–Kier alpha value is -0.840. The van der Waals surface area contributed by atoms with Crippen molar-refractivity contribution in [2.75, 3.05) is 31.7 Å². The molecule has 90 valence electrons. The molecule has 1 heterocycles. The Kier molecular flexibility index (Phi) is 5.52. The molecule has 5 heteroatoms. The van der Waals surface area contributed by atoms with E-state index in [4.69, 9.17) is 22.1 Å². The van der Waals surface area contributed by atoms with Crippen molar-refractivity contribution in [2.24, 2.45) is 5.73 Å². The average molecular weight is 244 g/mol. The van der Waals surface area contributed by atoms with Gasteiger partial charge in [0.25, 0.3) is 0 Å². The molecule has 1 aromatic heterocycles.